The van der Waals surface area contributed by atoms with E-state index >= 15 is 0 Å². The van der Waals surface area contributed by atoms with E-state index in [1.165, 1.54) is 33.1 Å². The number of nitrogens with zero attached hydrogens (tertiary/aromatic N) is 1. The molecule has 10 heteroatoms. The number of methoxy groups -OCH3 is 1. The predicted octanol–water partition coefficient (Wildman–Crippen LogP) is 2.29. The molecular weight excluding hydrogens is 394 g/mol. The number of anilines is 1. The Labute approximate surface area is 172 Å². The van der Waals surface area contributed by atoms with Crippen molar-refractivity contribution < 1.29 is 28.8 Å². The predicted molar refractivity (Wildman–Crippen MR) is 107 cm³/mol. The number of esters is 1. The fourth-order valence-corrected chi connectivity index (χ4v) is 2.39. The van der Waals surface area contributed by atoms with E-state index in [0.29, 0.717) is 5.56 Å². The van der Waals surface area contributed by atoms with Crippen LogP contribution in [0.1, 0.15) is 24.2 Å². The van der Waals surface area contributed by atoms with Crippen LogP contribution in [-0.2, 0) is 14.3 Å². The lowest BCUT2D eigenvalue weighted by molar-refractivity contribution is -0.384. The highest BCUT2D eigenvalue weighted by atomic mass is 16.6. The number of non-ortho nitro benzene ring substituents is 1. The molecule has 2 aromatic carbocycles. The molecule has 2 N–H and O–H groups in total. The van der Waals surface area contributed by atoms with Crippen LogP contribution in [-0.4, -0.2) is 42.0 Å². The highest BCUT2D eigenvalue weighted by molar-refractivity contribution is 5.98. The smallest absolute Gasteiger partial charge is 0.329 e. The third-order valence-corrected chi connectivity index (χ3v) is 4.05. The third-order valence-electron chi connectivity index (χ3n) is 4.05. The van der Waals surface area contributed by atoms with Gasteiger partial charge in [0.15, 0.2) is 6.10 Å². The van der Waals surface area contributed by atoms with Crippen LogP contribution in [0.15, 0.2) is 48.5 Å². The molecule has 0 heterocycles. The summed E-state index contributed by atoms with van der Waals surface area (Å²) in [7, 11) is 1.30. The first-order chi connectivity index (χ1) is 14.2. The summed E-state index contributed by atoms with van der Waals surface area (Å²) < 4.78 is 10.2. The second kappa shape index (κ2) is 10.0. The second-order valence-corrected chi connectivity index (χ2v) is 6.27. The van der Waals surface area contributed by atoms with Gasteiger partial charge in [-0.25, -0.2) is 4.79 Å². The Morgan fingerprint density at radius 1 is 1.07 bits per heavy atom. The van der Waals surface area contributed by atoms with E-state index < -0.39 is 34.9 Å². The number of carbonyl (C=O) groups excluding carboxylic acids is 3. The van der Waals surface area contributed by atoms with Gasteiger partial charge in [-0.2, -0.15) is 0 Å². The molecule has 0 spiro atoms. The maximum absolute atomic E-state index is 12.3. The van der Waals surface area contributed by atoms with Gasteiger partial charge in [0.2, 0.25) is 0 Å². The standard InChI is InChI=1S/C20H21N3O7/c1-12(21-19(25)14-7-5-4-6-8-14)20(26)30-13(2)18(24)22-16-10-9-15(23(27)28)11-17(16)29-3/h4-13H,1-3H3,(H,21,25)(H,22,24)/t12-,13+/m0/s1. The number of nitro benzene ring substituents is 1. The Morgan fingerprint density at radius 3 is 2.33 bits per heavy atom. The molecule has 0 radical (unpaired) electrons. The minimum Gasteiger partial charge on any atom is -0.494 e. The zero-order chi connectivity index (χ0) is 22.3. The van der Waals surface area contributed by atoms with Crippen LogP contribution in [0.4, 0.5) is 11.4 Å². The molecule has 0 aliphatic rings. The van der Waals surface area contributed by atoms with Gasteiger partial charge in [0.1, 0.15) is 11.8 Å². The molecule has 0 aliphatic heterocycles. The zero-order valence-electron chi connectivity index (χ0n) is 16.6. The lowest BCUT2D eigenvalue weighted by atomic mass is 10.2. The van der Waals surface area contributed by atoms with Gasteiger partial charge >= 0.3 is 5.97 Å². The van der Waals surface area contributed by atoms with Crippen molar-refractivity contribution in [2.24, 2.45) is 0 Å². The highest BCUT2D eigenvalue weighted by Gasteiger charge is 2.24. The summed E-state index contributed by atoms with van der Waals surface area (Å²) in [6.07, 6.45) is -1.19. The van der Waals surface area contributed by atoms with Crippen LogP contribution < -0.4 is 15.4 Å². The molecular formula is C20H21N3O7. The Hall–Kier alpha value is -3.95. The van der Waals surface area contributed by atoms with Crippen LogP contribution in [0.2, 0.25) is 0 Å². The summed E-state index contributed by atoms with van der Waals surface area (Å²) >= 11 is 0. The van der Waals surface area contributed by atoms with E-state index in [9.17, 15) is 24.5 Å². The van der Waals surface area contributed by atoms with Crippen molar-refractivity contribution >= 4 is 29.2 Å². The van der Waals surface area contributed by atoms with Crippen LogP contribution in [0.3, 0.4) is 0 Å². The molecule has 158 valence electrons. The second-order valence-electron chi connectivity index (χ2n) is 6.27. The highest BCUT2D eigenvalue weighted by Crippen LogP contribution is 2.29. The maximum atomic E-state index is 12.3. The summed E-state index contributed by atoms with van der Waals surface area (Å²) in [4.78, 5) is 46.9. The van der Waals surface area contributed by atoms with Crippen molar-refractivity contribution in [3.8, 4) is 5.75 Å². The number of amides is 2. The largest absolute Gasteiger partial charge is 0.494 e. The van der Waals surface area contributed by atoms with E-state index in [1.807, 2.05) is 0 Å². The zero-order valence-corrected chi connectivity index (χ0v) is 16.6. The first-order valence-corrected chi connectivity index (χ1v) is 8.92. The fraction of sp³-hybridized carbons (Fsp3) is 0.250. The number of carbonyl (C=O) groups is 3. The molecule has 0 saturated heterocycles. The lowest BCUT2D eigenvalue weighted by Crippen LogP contribution is -2.42. The van der Waals surface area contributed by atoms with Crippen molar-refractivity contribution in [3.05, 3.63) is 64.2 Å². The van der Waals surface area contributed by atoms with Gasteiger partial charge in [-0.05, 0) is 32.0 Å². The van der Waals surface area contributed by atoms with Gasteiger partial charge in [-0.1, -0.05) is 18.2 Å². The van der Waals surface area contributed by atoms with Gasteiger partial charge in [0.25, 0.3) is 17.5 Å². The molecule has 2 aromatic rings. The first kappa shape index (κ1) is 22.3. The third kappa shape index (κ3) is 5.77. The van der Waals surface area contributed by atoms with Gasteiger partial charge in [-0.3, -0.25) is 19.7 Å². The van der Waals surface area contributed by atoms with Gasteiger partial charge in [0.05, 0.1) is 23.8 Å². The molecule has 0 aromatic heterocycles. The van der Waals surface area contributed by atoms with E-state index in [0.717, 1.165) is 6.07 Å². The number of nitro groups is 1. The molecule has 0 saturated carbocycles. The number of nitrogens with one attached hydrogen (secondary N) is 2. The summed E-state index contributed by atoms with van der Waals surface area (Å²) in [5, 5.41) is 15.8. The van der Waals surface area contributed by atoms with Crippen LogP contribution in [0, 0.1) is 10.1 Å². The molecule has 2 atom stereocenters. The van der Waals surface area contributed by atoms with Crippen LogP contribution in [0.25, 0.3) is 0 Å². The van der Waals surface area contributed by atoms with Crippen molar-refractivity contribution in [3.63, 3.8) is 0 Å². The maximum Gasteiger partial charge on any atom is 0.329 e. The van der Waals surface area contributed by atoms with Crippen molar-refractivity contribution in [1.29, 1.82) is 0 Å². The number of rotatable bonds is 8. The average Bonchev–Trinajstić information content (AvgIpc) is 2.74. The molecule has 0 aliphatic carbocycles. The molecule has 30 heavy (non-hydrogen) atoms. The van der Waals surface area contributed by atoms with Gasteiger partial charge in [-0.15, -0.1) is 0 Å². The lowest BCUT2D eigenvalue weighted by Gasteiger charge is -2.18. The Kier molecular flexibility index (Phi) is 7.45. The van der Waals surface area contributed by atoms with E-state index in [-0.39, 0.29) is 17.1 Å². The van der Waals surface area contributed by atoms with E-state index in [1.54, 1.807) is 30.3 Å². The Morgan fingerprint density at radius 2 is 1.73 bits per heavy atom. The number of benzene rings is 2. The van der Waals surface area contributed by atoms with E-state index in [4.69, 9.17) is 9.47 Å². The van der Waals surface area contributed by atoms with Crippen LogP contribution in [0.5, 0.6) is 5.75 Å². The summed E-state index contributed by atoms with van der Waals surface area (Å²) in [6, 6.07) is 11.0. The van der Waals surface area contributed by atoms with Crippen molar-refractivity contribution in [2.75, 3.05) is 12.4 Å². The average molecular weight is 415 g/mol. The van der Waals surface area contributed by atoms with Crippen molar-refractivity contribution in [2.45, 2.75) is 26.0 Å². The van der Waals surface area contributed by atoms with Crippen LogP contribution >= 0.6 is 0 Å². The van der Waals surface area contributed by atoms with Gasteiger partial charge < -0.3 is 20.1 Å². The molecule has 0 bridgehead atoms. The molecule has 0 fully saturated rings. The van der Waals surface area contributed by atoms with E-state index in [2.05, 4.69) is 10.6 Å². The van der Waals surface area contributed by atoms with Gasteiger partial charge in [0, 0.05) is 11.6 Å². The number of hydrogen-bond donors (Lipinski definition) is 2. The Bertz CT molecular complexity index is 947. The molecule has 2 rings (SSSR count). The summed E-state index contributed by atoms with van der Waals surface area (Å²) in [6.45, 7) is 2.80. The summed E-state index contributed by atoms with van der Waals surface area (Å²) in [5.74, 6) is -1.83. The minimum atomic E-state index is -1.19. The minimum absolute atomic E-state index is 0.0829. The monoisotopic (exact) mass is 415 g/mol. The van der Waals surface area contributed by atoms with Crippen molar-refractivity contribution in [1.82, 2.24) is 5.32 Å². The number of hydrogen-bond acceptors (Lipinski definition) is 7. The quantitative estimate of drug-likeness (QED) is 0.383. The molecule has 0 unspecified atom stereocenters. The fourth-order valence-electron chi connectivity index (χ4n) is 2.39. The topological polar surface area (TPSA) is 137 Å². The Balaban J connectivity index is 1.95. The first-order valence-electron chi connectivity index (χ1n) is 8.92. The number of ether oxygens (including phenoxy) is 2. The molecule has 2 amide bonds. The summed E-state index contributed by atoms with van der Waals surface area (Å²) in [5.41, 5.74) is 0.363. The SMILES string of the molecule is COc1cc([N+](=O)[O-])ccc1NC(=O)[C@@H](C)OC(=O)[C@H](C)NC(=O)c1ccccc1. The normalized spacial score (nSPS) is 12.2. The molecule has 10 nitrogen and oxygen atoms in total.